The van der Waals surface area contributed by atoms with Crippen molar-refractivity contribution in [1.29, 1.82) is 0 Å². The maximum atomic E-state index is 6.10. The van der Waals surface area contributed by atoms with Gasteiger partial charge in [0, 0.05) is 5.75 Å². The van der Waals surface area contributed by atoms with Gasteiger partial charge in [0.05, 0.1) is 22.9 Å². The van der Waals surface area contributed by atoms with Gasteiger partial charge in [-0.1, -0.05) is 70.9 Å². The Bertz CT molecular complexity index is 1310. The molecule has 0 saturated carbocycles. The van der Waals surface area contributed by atoms with Gasteiger partial charge in [-0.05, 0) is 60.9 Å². The molecule has 0 aliphatic heterocycles. The van der Waals surface area contributed by atoms with E-state index in [1.54, 1.807) is 41.1 Å². The Morgan fingerprint density at radius 2 is 1.74 bits per heavy atom. The van der Waals surface area contributed by atoms with Crippen LogP contribution in [0.2, 0.25) is 10.0 Å². The molecule has 6 nitrogen and oxygen atoms in total. The maximum Gasteiger partial charge on any atom is 0.212 e. The van der Waals surface area contributed by atoms with Crippen molar-refractivity contribution in [2.45, 2.75) is 31.4 Å². The Labute approximate surface area is 218 Å². The smallest absolute Gasteiger partial charge is 0.212 e. The zero-order valence-electron chi connectivity index (χ0n) is 19.3. The third kappa shape index (κ3) is 7.01. The lowest BCUT2D eigenvalue weighted by Gasteiger charge is -2.13. The van der Waals surface area contributed by atoms with E-state index in [0.29, 0.717) is 39.9 Å². The second-order valence-corrected chi connectivity index (χ2v) is 9.41. The highest BCUT2D eigenvalue weighted by atomic mass is 35.5. The van der Waals surface area contributed by atoms with Gasteiger partial charge in [-0.2, -0.15) is 9.78 Å². The molecule has 0 unspecified atom stereocenters. The molecule has 0 spiro atoms. The summed E-state index contributed by atoms with van der Waals surface area (Å²) < 4.78 is 13.4. The van der Waals surface area contributed by atoms with Gasteiger partial charge >= 0.3 is 0 Å². The summed E-state index contributed by atoms with van der Waals surface area (Å²) in [4.78, 5) is 0. The van der Waals surface area contributed by atoms with Gasteiger partial charge in [-0.3, -0.25) is 0 Å². The molecule has 4 aromatic rings. The lowest BCUT2D eigenvalue weighted by Crippen LogP contribution is -2.01. The minimum Gasteiger partial charge on any atom is -0.490 e. The zero-order chi connectivity index (χ0) is 24.6. The quantitative estimate of drug-likeness (QED) is 0.163. The van der Waals surface area contributed by atoms with Crippen LogP contribution in [0, 0.1) is 6.92 Å². The van der Waals surface area contributed by atoms with Crippen LogP contribution in [0.5, 0.6) is 11.5 Å². The van der Waals surface area contributed by atoms with E-state index in [1.165, 1.54) is 11.1 Å². The van der Waals surface area contributed by atoms with E-state index in [4.69, 9.17) is 32.7 Å². The van der Waals surface area contributed by atoms with E-state index in [2.05, 4.69) is 46.5 Å². The van der Waals surface area contributed by atoms with Gasteiger partial charge < -0.3 is 9.47 Å². The SMILES string of the molecule is CCOc1cc(/C=N/n2cnnc2SCc2ccc(C)cc2)ccc1OCc1ccc(Cl)c(Cl)c1. The first-order valence-electron chi connectivity index (χ1n) is 11.0. The molecule has 180 valence electrons. The summed E-state index contributed by atoms with van der Waals surface area (Å²) in [6.45, 7) is 4.85. The standard InChI is InChI=1S/C26H24Cl2N4O2S/c1-3-33-25-13-20(9-11-24(25)34-15-21-8-10-22(27)23(28)12-21)14-30-32-17-29-31-26(32)35-16-19-6-4-18(2)5-7-19/h4-14,17H,3,15-16H2,1-2H3/b30-14+. The van der Waals surface area contributed by atoms with Crippen LogP contribution < -0.4 is 9.47 Å². The van der Waals surface area contributed by atoms with Crippen LogP contribution in [0.15, 0.2) is 77.2 Å². The first-order chi connectivity index (χ1) is 17.0. The molecule has 0 radical (unpaired) electrons. The number of ether oxygens (including phenoxy) is 2. The van der Waals surface area contributed by atoms with E-state index in [-0.39, 0.29) is 0 Å². The fraction of sp³-hybridized carbons (Fsp3) is 0.192. The number of nitrogens with zero attached hydrogens (tertiary/aromatic N) is 4. The number of thioether (sulfide) groups is 1. The van der Waals surface area contributed by atoms with E-state index in [1.807, 2.05) is 31.2 Å². The first-order valence-corrected chi connectivity index (χ1v) is 12.7. The summed E-state index contributed by atoms with van der Waals surface area (Å²) in [5.74, 6) is 2.05. The van der Waals surface area contributed by atoms with Crippen LogP contribution in [-0.2, 0) is 12.4 Å². The Morgan fingerprint density at radius 1 is 0.943 bits per heavy atom. The van der Waals surface area contributed by atoms with Gasteiger partial charge in [0.2, 0.25) is 5.16 Å². The number of rotatable bonds is 10. The molecule has 0 aliphatic rings. The van der Waals surface area contributed by atoms with Gasteiger partial charge in [0.1, 0.15) is 12.9 Å². The molecular weight excluding hydrogens is 503 g/mol. The van der Waals surface area contributed by atoms with Gasteiger partial charge in [0.15, 0.2) is 11.5 Å². The van der Waals surface area contributed by atoms with E-state index < -0.39 is 0 Å². The number of aryl methyl sites for hydroxylation is 1. The monoisotopic (exact) mass is 526 g/mol. The zero-order valence-corrected chi connectivity index (χ0v) is 21.6. The number of benzene rings is 3. The molecule has 0 saturated heterocycles. The van der Waals surface area contributed by atoms with Crippen molar-refractivity contribution >= 4 is 41.2 Å². The normalized spacial score (nSPS) is 11.2. The van der Waals surface area contributed by atoms with E-state index in [0.717, 1.165) is 16.9 Å². The minimum atomic E-state index is 0.340. The predicted molar refractivity (Wildman–Crippen MR) is 142 cm³/mol. The summed E-state index contributed by atoms with van der Waals surface area (Å²) in [5.41, 5.74) is 4.23. The molecule has 1 heterocycles. The maximum absolute atomic E-state index is 6.10. The third-order valence-corrected chi connectivity index (χ3v) is 6.71. The average molecular weight is 527 g/mol. The number of aromatic nitrogens is 3. The van der Waals surface area contributed by atoms with Crippen molar-refractivity contribution in [3.05, 3.63) is 99.3 Å². The van der Waals surface area contributed by atoms with Crippen LogP contribution in [0.4, 0.5) is 0 Å². The Balaban J connectivity index is 1.43. The van der Waals surface area contributed by atoms with Crippen molar-refractivity contribution in [3.63, 3.8) is 0 Å². The van der Waals surface area contributed by atoms with E-state index in [9.17, 15) is 0 Å². The van der Waals surface area contributed by atoms with Crippen LogP contribution >= 0.6 is 35.0 Å². The second kappa shape index (κ2) is 12.1. The van der Waals surface area contributed by atoms with E-state index >= 15 is 0 Å². The highest BCUT2D eigenvalue weighted by Gasteiger charge is 2.09. The Morgan fingerprint density at radius 3 is 2.51 bits per heavy atom. The molecule has 4 rings (SSSR count). The summed E-state index contributed by atoms with van der Waals surface area (Å²) in [5, 5.41) is 14.4. The molecule has 35 heavy (non-hydrogen) atoms. The summed E-state index contributed by atoms with van der Waals surface area (Å²) in [6, 6.07) is 19.5. The second-order valence-electron chi connectivity index (χ2n) is 7.65. The summed E-state index contributed by atoms with van der Waals surface area (Å²) in [6.07, 6.45) is 3.33. The number of hydrogen-bond donors (Lipinski definition) is 0. The predicted octanol–water partition coefficient (Wildman–Crippen LogP) is 7.05. The molecule has 0 fully saturated rings. The van der Waals surface area contributed by atoms with Crippen molar-refractivity contribution in [3.8, 4) is 11.5 Å². The lowest BCUT2D eigenvalue weighted by molar-refractivity contribution is 0.269. The van der Waals surface area contributed by atoms with Crippen LogP contribution in [-0.4, -0.2) is 27.7 Å². The molecule has 1 aromatic heterocycles. The van der Waals surface area contributed by atoms with Crippen LogP contribution in [0.3, 0.4) is 0 Å². The Hall–Kier alpha value is -3.00. The largest absolute Gasteiger partial charge is 0.490 e. The topological polar surface area (TPSA) is 61.5 Å². The molecule has 0 aliphatic carbocycles. The van der Waals surface area contributed by atoms with Gasteiger partial charge in [-0.15, -0.1) is 10.2 Å². The summed E-state index contributed by atoms with van der Waals surface area (Å²) in [7, 11) is 0. The third-order valence-electron chi connectivity index (χ3n) is 4.97. The first kappa shape index (κ1) is 25.1. The molecule has 3 aromatic carbocycles. The lowest BCUT2D eigenvalue weighted by atomic mass is 10.2. The van der Waals surface area contributed by atoms with Crippen LogP contribution in [0.25, 0.3) is 0 Å². The molecule has 0 atom stereocenters. The fourth-order valence-corrected chi connectivity index (χ4v) is 4.28. The van der Waals surface area contributed by atoms with Crippen molar-refractivity contribution in [1.82, 2.24) is 14.9 Å². The number of halogens is 2. The van der Waals surface area contributed by atoms with Crippen molar-refractivity contribution in [2.75, 3.05) is 6.61 Å². The molecule has 0 bridgehead atoms. The molecule has 0 amide bonds. The van der Waals surface area contributed by atoms with Gasteiger partial charge in [-0.25, -0.2) is 0 Å². The van der Waals surface area contributed by atoms with Gasteiger partial charge in [0.25, 0.3) is 0 Å². The van der Waals surface area contributed by atoms with Crippen molar-refractivity contribution in [2.24, 2.45) is 5.10 Å². The fourth-order valence-electron chi connectivity index (χ4n) is 3.14. The highest BCUT2D eigenvalue weighted by Crippen LogP contribution is 2.30. The number of hydrogen-bond acceptors (Lipinski definition) is 6. The molecular formula is C26H24Cl2N4O2S. The molecule has 0 N–H and O–H groups in total. The Kier molecular flexibility index (Phi) is 8.69. The molecule has 9 heteroatoms. The average Bonchev–Trinajstić information content (AvgIpc) is 3.31. The van der Waals surface area contributed by atoms with Crippen molar-refractivity contribution < 1.29 is 9.47 Å². The highest BCUT2D eigenvalue weighted by molar-refractivity contribution is 7.98. The minimum absolute atomic E-state index is 0.340. The summed E-state index contributed by atoms with van der Waals surface area (Å²) >= 11 is 13.7. The van der Waals surface area contributed by atoms with Crippen LogP contribution in [0.1, 0.15) is 29.2 Å².